The summed E-state index contributed by atoms with van der Waals surface area (Å²) in [5.41, 5.74) is 2.18. The Labute approximate surface area is 161 Å². The minimum atomic E-state index is 0.0324. The summed E-state index contributed by atoms with van der Waals surface area (Å²) in [7, 11) is 3.23. The number of nitrogens with one attached hydrogen (secondary N) is 1. The fourth-order valence-electron chi connectivity index (χ4n) is 3.61. The number of piperidine rings is 1. The maximum Gasteiger partial charge on any atom is 0.224 e. The molecule has 1 amide bonds. The van der Waals surface area contributed by atoms with Crippen LogP contribution < -0.4 is 14.8 Å². The molecule has 2 aromatic rings. The minimum absolute atomic E-state index is 0.0324. The Morgan fingerprint density at radius 1 is 1.15 bits per heavy atom. The van der Waals surface area contributed by atoms with Crippen molar-refractivity contribution in [1.82, 2.24) is 10.2 Å². The molecule has 1 aliphatic heterocycles. The summed E-state index contributed by atoms with van der Waals surface area (Å²) in [5, 5.41) is 3.20. The van der Waals surface area contributed by atoms with E-state index >= 15 is 0 Å². The van der Waals surface area contributed by atoms with Gasteiger partial charge in [0.2, 0.25) is 5.91 Å². The smallest absolute Gasteiger partial charge is 0.224 e. The Balaban J connectivity index is 1.54. The van der Waals surface area contributed by atoms with Crippen LogP contribution in [0.5, 0.6) is 11.5 Å². The molecule has 0 bridgehead atoms. The molecule has 1 fully saturated rings. The zero-order valence-corrected chi connectivity index (χ0v) is 16.1. The molecule has 0 radical (unpaired) electrons. The third kappa shape index (κ3) is 5.47. The van der Waals surface area contributed by atoms with E-state index in [-0.39, 0.29) is 11.9 Å². The lowest BCUT2D eigenvalue weighted by molar-refractivity contribution is -0.121. The third-order valence-electron chi connectivity index (χ3n) is 4.96. The maximum atomic E-state index is 12.6. The topological polar surface area (TPSA) is 50.8 Å². The molecular formula is C22H28N2O3. The molecule has 3 rings (SSSR count). The van der Waals surface area contributed by atoms with Crippen molar-refractivity contribution in [1.29, 1.82) is 0 Å². The van der Waals surface area contributed by atoms with E-state index in [0.717, 1.165) is 43.8 Å². The number of likely N-dealkylation sites (tertiary alicyclic amines) is 1. The molecule has 0 spiro atoms. The predicted molar refractivity (Wildman–Crippen MR) is 106 cm³/mol. The van der Waals surface area contributed by atoms with E-state index in [9.17, 15) is 4.79 Å². The fourth-order valence-corrected chi connectivity index (χ4v) is 3.61. The van der Waals surface area contributed by atoms with Crippen LogP contribution in [0.15, 0.2) is 48.5 Å². The molecular weight excluding hydrogens is 340 g/mol. The van der Waals surface area contributed by atoms with Crippen molar-refractivity contribution in [3.63, 3.8) is 0 Å². The van der Waals surface area contributed by atoms with Gasteiger partial charge < -0.3 is 14.8 Å². The molecule has 1 saturated heterocycles. The number of hydrogen-bond acceptors (Lipinski definition) is 4. The van der Waals surface area contributed by atoms with E-state index in [1.54, 1.807) is 14.2 Å². The molecule has 2 aromatic carbocycles. The molecule has 1 atom stereocenters. The standard InChI is InChI=1S/C22H28N2O3/c1-26-20-11-10-18(21(14-20)27-2)13-22(25)23-19-9-6-12-24(16-19)15-17-7-4-3-5-8-17/h3-5,7-8,10-11,14,19H,6,9,12-13,15-16H2,1-2H3,(H,23,25). The zero-order valence-electron chi connectivity index (χ0n) is 16.1. The van der Waals surface area contributed by atoms with Gasteiger partial charge in [0.1, 0.15) is 11.5 Å². The van der Waals surface area contributed by atoms with Crippen molar-refractivity contribution in [2.75, 3.05) is 27.3 Å². The van der Waals surface area contributed by atoms with Crippen molar-refractivity contribution in [2.24, 2.45) is 0 Å². The Morgan fingerprint density at radius 3 is 2.70 bits per heavy atom. The molecule has 1 N–H and O–H groups in total. The second-order valence-electron chi connectivity index (χ2n) is 6.98. The number of amides is 1. The molecule has 27 heavy (non-hydrogen) atoms. The molecule has 5 heteroatoms. The number of methoxy groups -OCH3 is 2. The lowest BCUT2D eigenvalue weighted by Gasteiger charge is -2.33. The Hall–Kier alpha value is -2.53. The lowest BCUT2D eigenvalue weighted by Crippen LogP contribution is -2.47. The number of hydrogen-bond donors (Lipinski definition) is 1. The molecule has 1 aliphatic rings. The van der Waals surface area contributed by atoms with Gasteiger partial charge in [0.15, 0.2) is 0 Å². The average molecular weight is 368 g/mol. The van der Waals surface area contributed by atoms with Crippen molar-refractivity contribution in [3.8, 4) is 11.5 Å². The predicted octanol–water partition coefficient (Wildman–Crippen LogP) is 3.03. The van der Waals surface area contributed by atoms with Crippen LogP contribution in [0.25, 0.3) is 0 Å². The van der Waals surface area contributed by atoms with Crippen LogP contribution in [0.1, 0.15) is 24.0 Å². The van der Waals surface area contributed by atoms with Gasteiger partial charge in [-0.2, -0.15) is 0 Å². The average Bonchev–Trinajstić information content (AvgIpc) is 2.69. The van der Waals surface area contributed by atoms with E-state index in [1.165, 1.54) is 5.56 Å². The second-order valence-corrected chi connectivity index (χ2v) is 6.98. The Morgan fingerprint density at radius 2 is 1.96 bits per heavy atom. The van der Waals surface area contributed by atoms with Crippen LogP contribution in [0.2, 0.25) is 0 Å². The zero-order chi connectivity index (χ0) is 19.1. The minimum Gasteiger partial charge on any atom is -0.497 e. The highest BCUT2D eigenvalue weighted by atomic mass is 16.5. The molecule has 144 valence electrons. The van der Waals surface area contributed by atoms with Gasteiger partial charge in [0.25, 0.3) is 0 Å². The van der Waals surface area contributed by atoms with E-state index < -0.39 is 0 Å². The summed E-state index contributed by atoms with van der Waals surface area (Å²) < 4.78 is 10.6. The van der Waals surface area contributed by atoms with Crippen LogP contribution in [-0.2, 0) is 17.8 Å². The van der Waals surface area contributed by atoms with Crippen molar-refractivity contribution >= 4 is 5.91 Å². The van der Waals surface area contributed by atoms with Crippen LogP contribution in [0.4, 0.5) is 0 Å². The van der Waals surface area contributed by atoms with Crippen molar-refractivity contribution in [2.45, 2.75) is 31.8 Å². The number of rotatable bonds is 7. The number of ether oxygens (including phenoxy) is 2. The lowest BCUT2D eigenvalue weighted by atomic mass is 10.0. The largest absolute Gasteiger partial charge is 0.497 e. The van der Waals surface area contributed by atoms with E-state index in [2.05, 4.69) is 34.5 Å². The van der Waals surface area contributed by atoms with Gasteiger partial charge in [-0.3, -0.25) is 9.69 Å². The summed E-state index contributed by atoms with van der Waals surface area (Å²) in [6.45, 7) is 2.90. The van der Waals surface area contributed by atoms with Crippen molar-refractivity contribution in [3.05, 3.63) is 59.7 Å². The number of carbonyl (C=O) groups is 1. The maximum absolute atomic E-state index is 12.6. The molecule has 1 unspecified atom stereocenters. The molecule has 0 aliphatic carbocycles. The van der Waals surface area contributed by atoms with Crippen molar-refractivity contribution < 1.29 is 14.3 Å². The van der Waals surface area contributed by atoms with Gasteiger partial charge in [-0.1, -0.05) is 36.4 Å². The third-order valence-corrected chi connectivity index (χ3v) is 4.96. The number of carbonyl (C=O) groups excluding carboxylic acids is 1. The first kappa shape index (κ1) is 19.2. The van der Waals surface area contributed by atoms with Crippen LogP contribution in [-0.4, -0.2) is 44.2 Å². The van der Waals surface area contributed by atoms with Gasteiger partial charge >= 0.3 is 0 Å². The van der Waals surface area contributed by atoms with Crippen LogP contribution in [0.3, 0.4) is 0 Å². The molecule has 5 nitrogen and oxygen atoms in total. The SMILES string of the molecule is COc1ccc(CC(=O)NC2CCCN(Cc3ccccc3)C2)c(OC)c1. The van der Waals surface area contributed by atoms with E-state index in [0.29, 0.717) is 12.2 Å². The van der Waals surface area contributed by atoms with Gasteiger partial charge in [-0.25, -0.2) is 0 Å². The number of nitrogens with zero attached hydrogens (tertiary/aromatic N) is 1. The molecule has 0 aromatic heterocycles. The van der Waals surface area contributed by atoms with Gasteiger partial charge in [0, 0.05) is 30.8 Å². The van der Waals surface area contributed by atoms with Crippen LogP contribution >= 0.6 is 0 Å². The summed E-state index contributed by atoms with van der Waals surface area (Å²) in [5.74, 6) is 1.43. The second kappa shape index (κ2) is 9.42. The Bertz CT molecular complexity index is 748. The van der Waals surface area contributed by atoms with Gasteiger partial charge in [0.05, 0.1) is 20.6 Å². The number of benzene rings is 2. The first-order valence-electron chi connectivity index (χ1n) is 9.44. The monoisotopic (exact) mass is 368 g/mol. The summed E-state index contributed by atoms with van der Waals surface area (Å²) in [6, 6.07) is 16.2. The molecule has 0 saturated carbocycles. The van der Waals surface area contributed by atoms with Crippen LogP contribution in [0, 0.1) is 0 Å². The molecule has 1 heterocycles. The first-order chi connectivity index (χ1) is 13.2. The summed E-state index contributed by atoms with van der Waals surface area (Å²) >= 11 is 0. The van der Waals surface area contributed by atoms with Gasteiger partial charge in [-0.05, 0) is 31.0 Å². The summed E-state index contributed by atoms with van der Waals surface area (Å²) in [6.07, 6.45) is 2.43. The van der Waals surface area contributed by atoms with Gasteiger partial charge in [-0.15, -0.1) is 0 Å². The van der Waals surface area contributed by atoms with E-state index in [4.69, 9.17) is 9.47 Å². The quantitative estimate of drug-likeness (QED) is 0.816. The highest BCUT2D eigenvalue weighted by molar-refractivity contribution is 5.79. The highest BCUT2D eigenvalue weighted by Crippen LogP contribution is 2.25. The highest BCUT2D eigenvalue weighted by Gasteiger charge is 2.22. The summed E-state index contributed by atoms with van der Waals surface area (Å²) in [4.78, 5) is 15.0. The fraction of sp³-hybridized carbons (Fsp3) is 0.409. The Kier molecular flexibility index (Phi) is 6.71. The normalized spacial score (nSPS) is 17.3. The van der Waals surface area contributed by atoms with E-state index in [1.807, 2.05) is 24.3 Å². The first-order valence-corrected chi connectivity index (χ1v) is 9.44.